The Hall–Kier alpha value is -2.48. The second-order valence-corrected chi connectivity index (χ2v) is 9.30. The maximum Gasteiger partial charge on any atom is 0.135 e. The molecule has 0 radical (unpaired) electrons. The molecule has 1 fully saturated rings. The Morgan fingerprint density at radius 1 is 0.967 bits per heavy atom. The lowest BCUT2D eigenvalue weighted by Gasteiger charge is -2.36. The van der Waals surface area contributed by atoms with Gasteiger partial charge < -0.3 is 0 Å². The number of hydrogen-bond acceptors (Lipinski definition) is 2. The third-order valence-electron chi connectivity index (χ3n) is 7.14. The zero-order chi connectivity index (χ0) is 21.4. The minimum atomic E-state index is -0.00955. The molecule has 1 saturated carbocycles. The van der Waals surface area contributed by atoms with E-state index in [4.69, 9.17) is 0 Å². The summed E-state index contributed by atoms with van der Waals surface area (Å²) in [4.78, 5) is 25.2. The highest BCUT2D eigenvalue weighted by molar-refractivity contribution is 6.03. The number of benzene rings is 3. The van der Waals surface area contributed by atoms with Crippen molar-refractivity contribution in [2.45, 2.75) is 65.2 Å². The van der Waals surface area contributed by atoms with Crippen molar-refractivity contribution in [3.63, 3.8) is 0 Å². The molecule has 0 heterocycles. The molecule has 1 aliphatic carbocycles. The lowest BCUT2D eigenvalue weighted by molar-refractivity contribution is -0.127. The molecule has 0 aromatic heterocycles. The summed E-state index contributed by atoms with van der Waals surface area (Å²) in [6.07, 6.45) is 3.01. The number of fused-ring (bicyclic) bond motifs is 2. The molecular weight excluding hydrogens is 368 g/mol. The summed E-state index contributed by atoms with van der Waals surface area (Å²) in [6.45, 7) is 8.12. The fraction of sp³-hybridized carbons (Fsp3) is 0.429. The van der Waals surface area contributed by atoms with E-state index in [9.17, 15) is 9.59 Å². The molecule has 0 amide bonds. The summed E-state index contributed by atoms with van der Waals surface area (Å²) < 4.78 is 0. The van der Waals surface area contributed by atoms with Crippen LogP contribution in [0.5, 0.6) is 0 Å². The monoisotopic (exact) mass is 400 g/mol. The zero-order valence-corrected chi connectivity index (χ0v) is 18.6. The second-order valence-electron chi connectivity index (χ2n) is 9.30. The van der Waals surface area contributed by atoms with Crippen LogP contribution in [0.3, 0.4) is 0 Å². The van der Waals surface area contributed by atoms with E-state index in [1.807, 2.05) is 6.92 Å². The van der Waals surface area contributed by atoms with Crippen molar-refractivity contribution in [2.24, 2.45) is 11.8 Å². The van der Waals surface area contributed by atoms with E-state index >= 15 is 0 Å². The molecule has 1 aliphatic rings. The molecule has 0 N–H and O–H groups in total. The first-order valence-electron chi connectivity index (χ1n) is 11.4. The SMILES string of the molecule is CCC(=O)C1CCC(C(C)=O)C(c2c3ccccc3cc3cc(C(C)C)ccc23)C1. The van der Waals surface area contributed by atoms with Crippen molar-refractivity contribution in [1.29, 1.82) is 0 Å². The summed E-state index contributed by atoms with van der Waals surface area (Å²) in [5.74, 6) is 1.21. The van der Waals surface area contributed by atoms with Gasteiger partial charge in [0, 0.05) is 18.3 Å². The van der Waals surface area contributed by atoms with Crippen LogP contribution >= 0.6 is 0 Å². The minimum absolute atomic E-state index is 0.00955. The number of carbonyl (C=O) groups is 2. The van der Waals surface area contributed by atoms with Crippen LogP contribution in [0.4, 0.5) is 0 Å². The van der Waals surface area contributed by atoms with Crippen molar-refractivity contribution < 1.29 is 9.59 Å². The molecule has 30 heavy (non-hydrogen) atoms. The molecule has 0 aliphatic heterocycles. The maximum atomic E-state index is 12.7. The van der Waals surface area contributed by atoms with E-state index in [1.165, 1.54) is 32.7 Å². The lowest BCUT2D eigenvalue weighted by atomic mass is 9.67. The summed E-state index contributed by atoms with van der Waals surface area (Å²) in [5.41, 5.74) is 2.60. The summed E-state index contributed by atoms with van der Waals surface area (Å²) >= 11 is 0. The lowest BCUT2D eigenvalue weighted by Crippen LogP contribution is -2.31. The van der Waals surface area contributed by atoms with E-state index in [0.717, 1.165) is 19.3 Å². The van der Waals surface area contributed by atoms with Crippen LogP contribution < -0.4 is 0 Å². The fourth-order valence-corrected chi connectivity index (χ4v) is 5.44. The number of rotatable bonds is 5. The Labute approximate surface area is 179 Å². The van der Waals surface area contributed by atoms with Crippen molar-refractivity contribution in [3.05, 3.63) is 59.7 Å². The molecule has 4 rings (SSSR count). The maximum absolute atomic E-state index is 12.7. The first kappa shape index (κ1) is 20.8. The van der Waals surface area contributed by atoms with E-state index in [2.05, 4.69) is 62.4 Å². The Morgan fingerprint density at radius 3 is 2.40 bits per heavy atom. The molecule has 156 valence electrons. The predicted molar refractivity (Wildman–Crippen MR) is 125 cm³/mol. The van der Waals surface area contributed by atoms with Crippen LogP contribution in [0.2, 0.25) is 0 Å². The van der Waals surface area contributed by atoms with Crippen LogP contribution in [-0.2, 0) is 9.59 Å². The zero-order valence-electron chi connectivity index (χ0n) is 18.6. The van der Waals surface area contributed by atoms with Crippen molar-refractivity contribution in [3.8, 4) is 0 Å². The average Bonchev–Trinajstić information content (AvgIpc) is 2.75. The van der Waals surface area contributed by atoms with Gasteiger partial charge in [0.15, 0.2) is 0 Å². The first-order valence-corrected chi connectivity index (χ1v) is 11.4. The topological polar surface area (TPSA) is 34.1 Å². The van der Waals surface area contributed by atoms with Gasteiger partial charge >= 0.3 is 0 Å². The molecule has 3 aromatic rings. The van der Waals surface area contributed by atoms with Gasteiger partial charge in [-0.3, -0.25) is 9.59 Å². The van der Waals surface area contributed by atoms with Crippen molar-refractivity contribution in [1.82, 2.24) is 0 Å². The van der Waals surface area contributed by atoms with Gasteiger partial charge in [0.05, 0.1) is 0 Å². The molecule has 2 nitrogen and oxygen atoms in total. The van der Waals surface area contributed by atoms with Gasteiger partial charge in [-0.2, -0.15) is 0 Å². The van der Waals surface area contributed by atoms with Crippen LogP contribution in [0.1, 0.15) is 76.3 Å². The van der Waals surface area contributed by atoms with Gasteiger partial charge in [0.2, 0.25) is 0 Å². The van der Waals surface area contributed by atoms with Crippen LogP contribution in [-0.4, -0.2) is 11.6 Å². The molecule has 2 heteroatoms. The highest BCUT2D eigenvalue weighted by Crippen LogP contribution is 2.46. The number of carbonyl (C=O) groups excluding carboxylic acids is 2. The van der Waals surface area contributed by atoms with E-state index in [0.29, 0.717) is 18.1 Å². The number of hydrogen-bond donors (Lipinski definition) is 0. The number of Topliss-reactive ketones (excluding diaryl/α,β-unsaturated/α-hetero) is 2. The minimum Gasteiger partial charge on any atom is -0.300 e. The molecule has 0 bridgehead atoms. The first-order chi connectivity index (χ1) is 14.4. The number of ketones is 2. The molecule has 0 spiro atoms. The van der Waals surface area contributed by atoms with Crippen LogP contribution in [0.25, 0.3) is 21.5 Å². The van der Waals surface area contributed by atoms with Crippen molar-refractivity contribution >= 4 is 33.1 Å². The van der Waals surface area contributed by atoms with Gasteiger partial charge in [0.1, 0.15) is 11.6 Å². The van der Waals surface area contributed by atoms with Crippen LogP contribution in [0, 0.1) is 11.8 Å². The third-order valence-corrected chi connectivity index (χ3v) is 7.14. The Kier molecular flexibility index (Phi) is 5.77. The molecular formula is C28H32O2. The van der Waals surface area contributed by atoms with Gasteiger partial charge in [-0.1, -0.05) is 63.2 Å². The van der Waals surface area contributed by atoms with E-state index in [-0.39, 0.29) is 23.5 Å². The normalized spacial score (nSPS) is 22.0. The fourth-order valence-electron chi connectivity index (χ4n) is 5.44. The molecule has 3 aromatic carbocycles. The molecule has 0 saturated heterocycles. The Morgan fingerprint density at radius 2 is 1.70 bits per heavy atom. The summed E-state index contributed by atoms with van der Waals surface area (Å²) in [5, 5.41) is 4.91. The second kappa shape index (κ2) is 8.34. The Bertz CT molecular complexity index is 1110. The van der Waals surface area contributed by atoms with E-state index in [1.54, 1.807) is 6.92 Å². The Balaban J connectivity index is 1.97. The molecule has 3 atom stereocenters. The van der Waals surface area contributed by atoms with Gasteiger partial charge in [0.25, 0.3) is 0 Å². The van der Waals surface area contributed by atoms with E-state index < -0.39 is 0 Å². The molecule has 3 unspecified atom stereocenters. The summed E-state index contributed by atoms with van der Waals surface area (Å²) in [7, 11) is 0. The van der Waals surface area contributed by atoms with Crippen molar-refractivity contribution in [2.75, 3.05) is 0 Å². The quantitative estimate of drug-likeness (QED) is 0.425. The summed E-state index contributed by atoms with van der Waals surface area (Å²) in [6, 6.07) is 17.6. The average molecular weight is 401 g/mol. The predicted octanol–water partition coefficient (Wildman–Crippen LogP) is 7.18. The largest absolute Gasteiger partial charge is 0.300 e. The standard InChI is InChI=1S/C28H32O2/c1-5-27(30)21-11-12-23(18(4)29)26(16-21)28-24-9-7-6-8-20(24)15-22-14-19(17(2)3)10-13-25(22)28/h6-10,13-15,17,21,23,26H,5,11-12,16H2,1-4H3. The highest BCUT2D eigenvalue weighted by Gasteiger charge is 2.37. The van der Waals surface area contributed by atoms with Gasteiger partial charge in [-0.05, 0) is 76.8 Å². The highest BCUT2D eigenvalue weighted by atomic mass is 16.1. The van der Waals surface area contributed by atoms with Gasteiger partial charge in [-0.15, -0.1) is 0 Å². The third kappa shape index (κ3) is 3.69. The van der Waals surface area contributed by atoms with Gasteiger partial charge in [-0.25, -0.2) is 0 Å². The smallest absolute Gasteiger partial charge is 0.135 e. The van der Waals surface area contributed by atoms with Crippen LogP contribution in [0.15, 0.2) is 48.5 Å².